The molecule has 0 unspecified atom stereocenters. The smallest absolute Gasteiger partial charge is 0.335 e. The highest BCUT2D eigenvalue weighted by molar-refractivity contribution is 6.33. The van der Waals surface area contributed by atoms with Crippen molar-refractivity contribution in [3.63, 3.8) is 0 Å². The Morgan fingerprint density at radius 1 is 1.19 bits per heavy atom. The van der Waals surface area contributed by atoms with Crippen molar-refractivity contribution < 1.29 is 19.1 Å². The van der Waals surface area contributed by atoms with Crippen molar-refractivity contribution in [1.82, 2.24) is 5.32 Å². The lowest BCUT2D eigenvalue weighted by atomic mass is 10.1. The number of carbonyl (C=O) groups is 2. The van der Waals surface area contributed by atoms with Crippen LogP contribution in [0.4, 0.5) is 4.39 Å². The monoisotopic (exact) mass is 307 g/mol. The Kier molecular flexibility index (Phi) is 4.55. The normalized spacial score (nSPS) is 10.2. The highest BCUT2D eigenvalue weighted by Crippen LogP contribution is 2.18. The zero-order chi connectivity index (χ0) is 15.4. The van der Waals surface area contributed by atoms with E-state index in [-0.39, 0.29) is 22.7 Å². The third kappa shape index (κ3) is 3.58. The first kappa shape index (κ1) is 15.0. The van der Waals surface area contributed by atoms with E-state index >= 15 is 0 Å². The first-order chi connectivity index (χ1) is 9.99. The predicted molar refractivity (Wildman–Crippen MR) is 76.0 cm³/mol. The average Bonchev–Trinajstić information content (AvgIpc) is 2.45. The fraction of sp³-hybridized carbons (Fsp3) is 0.0667. The summed E-state index contributed by atoms with van der Waals surface area (Å²) < 4.78 is 13.6. The molecule has 0 spiro atoms. The van der Waals surface area contributed by atoms with Gasteiger partial charge in [-0.15, -0.1) is 0 Å². The molecule has 0 bridgehead atoms. The fourth-order valence-electron chi connectivity index (χ4n) is 1.80. The molecule has 0 aliphatic carbocycles. The standard InChI is InChI=1S/C15H11ClFNO3/c16-11-5-2-6-12(17)13(11)14(19)18-8-9-3-1-4-10(7-9)15(20)21/h1-7H,8H2,(H,18,19)(H,20,21). The van der Waals surface area contributed by atoms with E-state index in [9.17, 15) is 14.0 Å². The number of hydrogen-bond donors (Lipinski definition) is 2. The minimum Gasteiger partial charge on any atom is -0.478 e. The van der Waals surface area contributed by atoms with E-state index in [0.29, 0.717) is 5.56 Å². The average molecular weight is 308 g/mol. The zero-order valence-electron chi connectivity index (χ0n) is 10.8. The summed E-state index contributed by atoms with van der Waals surface area (Å²) in [6, 6.07) is 10.1. The Balaban J connectivity index is 2.11. The molecule has 2 aromatic rings. The van der Waals surface area contributed by atoms with E-state index in [4.69, 9.17) is 16.7 Å². The van der Waals surface area contributed by atoms with Gasteiger partial charge in [0.25, 0.3) is 5.91 Å². The van der Waals surface area contributed by atoms with Crippen LogP contribution in [0.1, 0.15) is 26.3 Å². The van der Waals surface area contributed by atoms with Crippen molar-refractivity contribution in [2.45, 2.75) is 6.54 Å². The SMILES string of the molecule is O=C(O)c1cccc(CNC(=O)c2c(F)cccc2Cl)c1. The van der Waals surface area contributed by atoms with Gasteiger partial charge in [0.2, 0.25) is 0 Å². The molecule has 2 rings (SSSR count). The van der Waals surface area contributed by atoms with Gasteiger partial charge >= 0.3 is 5.97 Å². The molecule has 0 heterocycles. The Morgan fingerprint density at radius 3 is 2.57 bits per heavy atom. The molecule has 0 aliphatic rings. The van der Waals surface area contributed by atoms with Gasteiger partial charge in [-0.3, -0.25) is 4.79 Å². The molecule has 4 nitrogen and oxygen atoms in total. The van der Waals surface area contributed by atoms with E-state index in [0.717, 1.165) is 6.07 Å². The van der Waals surface area contributed by atoms with Crippen molar-refractivity contribution in [2.24, 2.45) is 0 Å². The third-order valence-electron chi connectivity index (χ3n) is 2.82. The number of carboxylic acids is 1. The summed E-state index contributed by atoms with van der Waals surface area (Å²) in [6.45, 7) is 0.0740. The molecule has 0 radical (unpaired) electrons. The number of amides is 1. The highest BCUT2D eigenvalue weighted by atomic mass is 35.5. The number of rotatable bonds is 4. The minimum absolute atomic E-state index is 0.0202. The molecule has 0 atom stereocenters. The lowest BCUT2D eigenvalue weighted by Gasteiger charge is -2.08. The van der Waals surface area contributed by atoms with Crippen LogP contribution in [-0.4, -0.2) is 17.0 Å². The number of aromatic carboxylic acids is 1. The van der Waals surface area contributed by atoms with E-state index in [1.54, 1.807) is 12.1 Å². The number of hydrogen-bond acceptors (Lipinski definition) is 2. The molecule has 108 valence electrons. The van der Waals surface area contributed by atoms with Crippen molar-refractivity contribution in [3.05, 3.63) is 70.0 Å². The van der Waals surface area contributed by atoms with Crippen LogP contribution in [-0.2, 0) is 6.54 Å². The molecule has 1 amide bonds. The van der Waals surface area contributed by atoms with Crippen LogP contribution >= 0.6 is 11.6 Å². The topological polar surface area (TPSA) is 66.4 Å². The lowest BCUT2D eigenvalue weighted by Crippen LogP contribution is -2.24. The van der Waals surface area contributed by atoms with E-state index < -0.39 is 17.7 Å². The minimum atomic E-state index is -1.06. The van der Waals surface area contributed by atoms with Crippen LogP contribution in [0.5, 0.6) is 0 Å². The van der Waals surface area contributed by atoms with Gasteiger partial charge in [0, 0.05) is 6.54 Å². The summed E-state index contributed by atoms with van der Waals surface area (Å²) >= 11 is 5.79. The van der Waals surface area contributed by atoms with Crippen molar-refractivity contribution in [3.8, 4) is 0 Å². The van der Waals surface area contributed by atoms with Gasteiger partial charge in [0.15, 0.2) is 0 Å². The van der Waals surface area contributed by atoms with Crippen LogP contribution in [0.2, 0.25) is 5.02 Å². The lowest BCUT2D eigenvalue weighted by molar-refractivity contribution is 0.0696. The number of benzene rings is 2. The highest BCUT2D eigenvalue weighted by Gasteiger charge is 2.15. The van der Waals surface area contributed by atoms with Crippen LogP contribution in [0.15, 0.2) is 42.5 Å². The van der Waals surface area contributed by atoms with Gasteiger partial charge in [-0.2, -0.15) is 0 Å². The second-order valence-corrected chi connectivity index (χ2v) is 4.69. The molecule has 0 saturated heterocycles. The largest absolute Gasteiger partial charge is 0.478 e. The van der Waals surface area contributed by atoms with E-state index in [1.165, 1.54) is 24.3 Å². The maximum atomic E-state index is 13.6. The van der Waals surface area contributed by atoms with Crippen LogP contribution in [0.25, 0.3) is 0 Å². The molecule has 0 aromatic heterocycles. The molecule has 2 N–H and O–H groups in total. The first-order valence-electron chi connectivity index (χ1n) is 6.03. The second-order valence-electron chi connectivity index (χ2n) is 4.28. The van der Waals surface area contributed by atoms with Gasteiger partial charge in [0.1, 0.15) is 5.82 Å². The molecule has 0 aliphatic heterocycles. The summed E-state index contributed by atoms with van der Waals surface area (Å²) in [7, 11) is 0. The first-order valence-corrected chi connectivity index (χ1v) is 6.41. The van der Waals surface area contributed by atoms with Crippen molar-refractivity contribution >= 4 is 23.5 Å². The molecular weight excluding hydrogens is 297 g/mol. The molecule has 0 fully saturated rings. The summed E-state index contributed by atoms with van der Waals surface area (Å²) in [6.07, 6.45) is 0. The van der Waals surface area contributed by atoms with Crippen molar-refractivity contribution in [2.75, 3.05) is 0 Å². The number of nitrogens with one attached hydrogen (secondary N) is 1. The summed E-state index contributed by atoms with van der Waals surface area (Å²) in [5, 5.41) is 11.4. The summed E-state index contributed by atoms with van der Waals surface area (Å²) in [5.41, 5.74) is 0.481. The Bertz CT molecular complexity index is 683. The van der Waals surface area contributed by atoms with E-state index in [2.05, 4.69) is 5.32 Å². The number of carbonyl (C=O) groups excluding carboxylic acids is 1. The summed E-state index contributed by atoms with van der Waals surface area (Å²) in [5.74, 6) is -2.42. The fourth-order valence-corrected chi connectivity index (χ4v) is 2.05. The Labute approximate surface area is 125 Å². The number of halogens is 2. The molecular formula is C15H11ClFNO3. The van der Waals surface area contributed by atoms with E-state index in [1.807, 2.05) is 0 Å². The van der Waals surface area contributed by atoms with Crippen LogP contribution < -0.4 is 5.32 Å². The van der Waals surface area contributed by atoms with Gasteiger partial charge in [-0.1, -0.05) is 29.8 Å². The molecule has 21 heavy (non-hydrogen) atoms. The molecule has 0 saturated carbocycles. The third-order valence-corrected chi connectivity index (χ3v) is 3.13. The number of carboxylic acid groups (broad SMARTS) is 1. The Hall–Kier alpha value is -2.40. The molecule has 6 heteroatoms. The van der Waals surface area contributed by atoms with Gasteiger partial charge in [-0.25, -0.2) is 9.18 Å². The van der Waals surface area contributed by atoms with Crippen molar-refractivity contribution in [1.29, 1.82) is 0 Å². The van der Waals surface area contributed by atoms with Gasteiger partial charge in [0.05, 0.1) is 16.1 Å². The summed E-state index contributed by atoms with van der Waals surface area (Å²) in [4.78, 5) is 22.8. The predicted octanol–water partition coefficient (Wildman–Crippen LogP) is 3.11. The molecule has 2 aromatic carbocycles. The van der Waals surface area contributed by atoms with Crippen LogP contribution in [0.3, 0.4) is 0 Å². The maximum Gasteiger partial charge on any atom is 0.335 e. The van der Waals surface area contributed by atoms with Gasteiger partial charge in [-0.05, 0) is 29.8 Å². The van der Waals surface area contributed by atoms with Crippen LogP contribution in [0, 0.1) is 5.82 Å². The zero-order valence-corrected chi connectivity index (χ0v) is 11.5. The maximum absolute atomic E-state index is 13.6. The Morgan fingerprint density at radius 2 is 1.90 bits per heavy atom. The quantitative estimate of drug-likeness (QED) is 0.912. The second kappa shape index (κ2) is 6.37. The van der Waals surface area contributed by atoms with Gasteiger partial charge < -0.3 is 10.4 Å².